The van der Waals surface area contributed by atoms with E-state index in [1.54, 1.807) is 0 Å². The molecule has 0 saturated carbocycles. The Morgan fingerprint density at radius 1 is 1.09 bits per heavy atom. The number of nitrogens with one attached hydrogen (secondary N) is 1. The Balaban J connectivity index is 1.59. The van der Waals surface area contributed by atoms with Crippen LogP contribution in [0, 0.1) is 0 Å². The number of amides is 1. The van der Waals surface area contributed by atoms with Crippen molar-refractivity contribution in [2.24, 2.45) is 0 Å². The second kappa shape index (κ2) is 10.9. The minimum Gasteiger partial charge on any atom is -0.756 e. The molecule has 1 aliphatic rings. The van der Waals surface area contributed by atoms with Crippen molar-refractivity contribution >= 4 is 19.9 Å². The summed E-state index contributed by atoms with van der Waals surface area (Å²) < 4.78 is 27.6. The number of hydrogen-bond donors (Lipinski definition) is 2. The van der Waals surface area contributed by atoms with Crippen LogP contribution in [0.3, 0.4) is 0 Å². The molecule has 0 radical (unpaired) electrons. The fraction of sp³-hybridized carbons (Fsp3) is 0.417. The van der Waals surface area contributed by atoms with Gasteiger partial charge in [-0.3, -0.25) is 4.57 Å². The predicted molar refractivity (Wildman–Crippen MR) is 127 cm³/mol. The molecular formula is C24H31N2O8P. The van der Waals surface area contributed by atoms with Crippen molar-refractivity contribution in [2.75, 3.05) is 40.9 Å². The molecule has 1 aliphatic carbocycles. The van der Waals surface area contributed by atoms with Crippen LogP contribution >= 0.6 is 7.82 Å². The Kier molecular flexibility index (Phi) is 8.35. The normalized spacial score (nSPS) is 16.5. The van der Waals surface area contributed by atoms with Gasteiger partial charge in [0, 0.05) is 5.92 Å². The number of hydrogen-bond acceptors (Lipinski definition) is 7. The first-order valence-electron chi connectivity index (χ1n) is 11.2. The van der Waals surface area contributed by atoms with Gasteiger partial charge in [-0.25, -0.2) is 9.59 Å². The molecule has 0 saturated heterocycles. The van der Waals surface area contributed by atoms with E-state index in [0.29, 0.717) is 11.0 Å². The van der Waals surface area contributed by atoms with Gasteiger partial charge in [0.15, 0.2) is 6.04 Å². The summed E-state index contributed by atoms with van der Waals surface area (Å²) in [6.45, 7) is 1.46. The molecule has 2 aromatic carbocycles. The van der Waals surface area contributed by atoms with Crippen molar-refractivity contribution in [3.8, 4) is 11.1 Å². The van der Waals surface area contributed by atoms with E-state index in [4.69, 9.17) is 13.8 Å². The van der Waals surface area contributed by atoms with Gasteiger partial charge in [-0.2, -0.15) is 0 Å². The molecule has 0 fully saturated rings. The van der Waals surface area contributed by atoms with Gasteiger partial charge in [-0.05, 0) is 29.2 Å². The Hall–Kier alpha value is -2.75. The monoisotopic (exact) mass is 506 g/mol. The summed E-state index contributed by atoms with van der Waals surface area (Å²) in [6.07, 6.45) is -2.43. The van der Waals surface area contributed by atoms with Crippen LogP contribution in [-0.2, 0) is 23.1 Å². The van der Waals surface area contributed by atoms with Crippen molar-refractivity contribution in [2.45, 2.75) is 25.0 Å². The molecule has 0 bridgehead atoms. The molecule has 35 heavy (non-hydrogen) atoms. The molecule has 1 amide bonds. The third-order valence-corrected chi connectivity index (χ3v) is 6.75. The molecular weight excluding hydrogens is 475 g/mol. The van der Waals surface area contributed by atoms with Crippen LogP contribution in [0.5, 0.6) is 0 Å². The summed E-state index contributed by atoms with van der Waals surface area (Å²) in [7, 11) is 0.794. The van der Waals surface area contributed by atoms with Crippen LogP contribution in [0.15, 0.2) is 48.5 Å². The maximum Gasteiger partial charge on any atom is 0.407 e. The van der Waals surface area contributed by atoms with Gasteiger partial charge < -0.3 is 33.6 Å². The number of benzene rings is 2. The van der Waals surface area contributed by atoms with Crippen molar-refractivity contribution in [3.63, 3.8) is 0 Å². The molecule has 0 aromatic heterocycles. The highest BCUT2D eigenvalue weighted by Crippen LogP contribution is 2.44. The summed E-state index contributed by atoms with van der Waals surface area (Å²) in [5, 5.41) is 11.7. The molecule has 0 aliphatic heterocycles. The Morgan fingerprint density at radius 3 is 2.14 bits per heavy atom. The van der Waals surface area contributed by atoms with E-state index < -0.39 is 32.0 Å². The van der Waals surface area contributed by atoms with Gasteiger partial charge in [-0.1, -0.05) is 48.5 Å². The van der Waals surface area contributed by atoms with E-state index in [0.717, 1.165) is 22.3 Å². The predicted octanol–water partition coefficient (Wildman–Crippen LogP) is 2.57. The average Bonchev–Trinajstić information content (AvgIpc) is 3.08. The highest BCUT2D eigenvalue weighted by Gasteiger charge is 2.33. The van der Waals surface area contributed by atoms with Crippen LogP contribution < -0.4 is 10.2 Å². The number of quaternary nitrogens is 1. The lowest BCUT2D eigenvalue weighted by Crippen LogP contribution is -2.49. The molecule has 2 N–H and O–H groups in total. The highest BCUT2D eigenvalue weighted by molar-refractivity contribution is 7.45. The largest absolute Gasteiger partial charge is 0.756 e. The number of phosphoric acid groups is 1. The summed E-state index contributed by atoms with van der Waals surface area (Å²) >= 11 is 0. The second-order valence-electron chi connectivity index (χ2n) is 9.39. The van der Waals surface area contributed by atoms with E-state index >= 15 is 0 Å². The van der Waals surface area contributed by atoms with Gasteiger partial charge >= 0.3 is 12.1 Å². The van der Waals surface area contributed by atoms with Crippen LogP contribution in [0.25, 0.3) is 11.1 Å². The SMILES string of the molecule is C[C@@H](OP(=O)([O-])OCC[N+](C)(C)C)[C@H](NC(=O)OCC1c2ccccc2-c2ccccc21)C(=O)O. The zero-order chi connectivity index (χ0) is 25.8. The first-order valence-corrected chi connectivity index (χ1v) is 12.6. The molecule has 0 heterocycles. The topological polar surface area (TPSA) is 134 Å². The maximum atomic E-state index is 12.5. The molecule has 11 heteroatoms. The molecule has 10 nitrogen and oxygen atoms in total. The zero-order valence-electron chi connectivity index (χ0n) is 20.2. The molecule has 2 aromatic rings. The average molecular weight is 506 g/mol. The third kappa shape index (κ3) is 7.13. The first-order chi connectivity index (χ1) is 16.4. The highest BCUT2D eigenvalue weighted by atomic mass is 31.2. The van der Waals surface area contributed by atoms with Crippen LogP contribution in [-0.4, -0.2) is 74.7 Å². The van der Waals surface area contributed by atoms with E-state index in [-0.39, 0.29) is 19.1 Å². The Labute approximate surface area is 204 Å². The maximum absolute atomic E-state index is 12.5. The van der Waals surface area contributed by atoms with Gasteiger partial charge in [0.05, 0.1) is 27.2 Å². The van der Waals surface area contributed by atoms with Crippen LogP contribution in [0.1, 0.15) is 24.0 Å². The van der Waals surface area contributed by atoms with Crippen molar-refractivity contribution in [1.82, 2.24) is 5.32 Å². The van der Waals surface area contributed by atoms with Crippen molar-refractivity contribution < 1.29 is 42.4 Å². The smallest absolute Gasteiger partial charge is 0.407 e. The number of carbonyl (C=O) groups is 2. The number of aliphatic carboxylic acids is 1. The number of phosphoric ester groups is 1. The fourth-order valence-corrected chi connectivity index (χ4v) is 4.76. The number of ether oxygens (including phenoxy) is 1. The summed E-state index contributed by atoms with van der Waals surface area (Å²) in [4.78, 5) is 36.3. The fourth-order valence-electron chi connectivity index (χ4n) is 3.87. The van der Waals surface area contributed by atoms with Crippen LogP contribution in [0.2, 0.25) is 0 Å². The van der Waals surface area contributed by atoms with Gasteiger partial charge in [0.1, 0.15) is 19.8 Å². The van der Waals surface area contributed by atoms with E-state index in [1.165, 1.54) is 6.92 Å². The summed E-state index contributed by atoms with van der Waals surface area (Å²) in [5.74, 6) is -1.68. The number of rotatable bonds is 11. The minimum absolute atomic E-state index is 0.0182. The molecule has 3 atom stereocenters. The number of likely N-dealkylation sites (N-methyl/N-ethyl adjacent to an activating group) is 1. The second-order valence-corrected chi connectivity index (χ2v) is 10.8. The van der Waals surface area contributed by atoms with Crippen LogP contribution in [0.4, 0.5) is 4.79 Å². The van der Waals surface area contributed by atoms with Gasteiger partial charge in [-0.15, -0.1) is 0 Å². The Bertz CT molecular complexity index is 1070. The van der Waals surface area contributed by atoms with E-state index in [1.807, 2.05) is 69.7 Å². The molecule has 0 spiro atoms. The Morgan fingerprint density at radius 2 is 1.63 bits per heavy atom. The van der Waals surface area contributed by atoms with Crippen molar-refractivity contribution in [1.29, 1.82) is 0 Å². The third-order valence-electron chi connectivity index (χ3n) is 5.66. The molecule has 190 valence electrons. The van der Waals surface area contributed by atoms with E-state index in [9.17, 15) is 24.2 Å². The standard InChI is InChI=1S/C24H31N2O8P/c1-16(34-35(30,31)33-14-13-26(2,3)4)22(23(27)28)25-24(29)32-15-21-19-11-7-5-9-17(19)18-10-6-8-12-20(18)21/h5-12,16,21-22H,13-15H2,1-4H3,(H2-,25,27,28,29,30,31)/t16-,22+/m1/s1. The summed E-state index contributed by atoms with van der Waals surface area (Å²) in [5.41, 5.74) is 4.12. The molecule has 1 unspecified atom stereocenters. The number of carboxylic acids is 1. The lowest BCUT2D eigenvalue weighted by atomic mass is 9.98. The lowest BCUT2D eigenvalue weighted by Gasteiger charge is -2.30. The quantitative estimate of drug-likeness (QED) is 0.351. The number of fused-ring (bicyclic) bond motifs is 3. The number of alkyl carbamates (subject to hydrolysis) is 1. The first kappa shape index (κ1) is 26.8. The van der Waals surface area contributed by atoms with Crippen molar-refractivity contribution in [3.05, 3.63) is 59.7 Å². The lowest BCUT2D eigenvalue weighted by molar-refractivity contribution is -0.870. The zero-order valence-corrected chi connectivity index (χ0v) is 21.1. The number of nitrogens with zero attached hydrogens (tertiary/aromatic N) is 1. The van der Waals surface area contributed by atoms with Gasteiger partial charge in [0.25, 0.3) is 7.82 Å². The van der Waals surface area contributed by atoms with E-state index in [2.05, 4.69) is 5.32 Å². The molecule has 3 rings (SSSR count). The van der Waals surface area contributed by atoms with Gasteiger partial charge in [0.2, 0.25) is 0 Å². The summed E-state index contributed by atoms with van der Waals surface area (Å²) in [6, 6.07) is 13.9. The number of carbonyl (C=O) groups excluding carboxylic acids is 1. The number of carboxylic acid groups (broad SMARTS) is 1. The minimum atomic E-state index is -4.79.